The zero-order valence-electron chi connectivity index (χ0n) is 17.2. The SMILES string of the molecule is Cc1ccc(N(C)c2ccc3nc(Nc4ccc(CNCC(=O)O)cn4)sc3n2)cc1. The van der Waals surface area contributed by atoms with Crippen LogP contribution in [-0.4, -0.2) is 39.6 Å². The number of carboxylic acids is 1. The Balaban J connectivity index is 1.45. The van der Waals surface area contributed by atoms with Crippen molar-refractivity contribution in [1.29, 1.82) is 0 Å². The monoisotopic (exact) mass is 434 g/mol. The fraction of sp³-hybridized carbons (Fsp3) is 0.182. The number of benzene rings is 1. The Kier molecular flexibility index (Phi) is 6.06. The zero-order valence-corrected chi connectivity index (χ0v) is 18.0. The second-order valence-electron chi connectivity index (χ2n) is 7.08. The first kappa shape index (κ1) is 20.7. The van der Waals surface area contributed by atoms with Gasteiger partial charge < -0.3 is 20.6 Å². The van der Waals surface area contributed by atoms with Gasteiger partial charge in [0.25, 0.3) is 0 Å². The molecule has 0 aliphatic carbocycles. The molecular formula is C22H22N6O2S. The highest BCUT2D eigenvalue weighted by Gasteiger charge is 2.11. The summed E-state index contributed by atoms with van der Waals surface area (Å²) in [6.07, 6.45) is 1.71. The van der Waals surface area contributed by atoms with Gasteiger partial charge in [-0.25, -0.2) is 15.0 Å². The van der Waals surface area contributed by atoms with Gasteiger partial charge in [0, 0.05) is 25.5 Å². The molecule has 0 saturated carbocycles. The molecule has 3 aromatic heterocycles. The van der Waals surface area contributed by atoms with Crippen LogP contribution in [0.15, 0.2) is 54.7 Å². The van der Waals surface area contributed by atoms with Gasteiger partial charge >= 0.3 is 5.97 Å². The van der Waals surface area contributed by atoms with Gasteiger partial charge in [0.15, 0.2) is 5.13 Å². The van der Waals surface area contributed by atoms with Crippen molar-refractivity contribution in [3.05, 3.63) is 65.9 Å². The molecule has 0 aliphatic heterocycles. The molecule has 0 unspecified atom stereocenters. The quantitative estimate of drug-likeness (QED) is 0.381. The van der Waals surface area contributed by atoms with Crippen molar-refractivity contribution < 1.29 is 9.90 Å². The zero-order chi connectivity index (χ0) is 21.8. The third-order valence-corrected chi connectivity index (χ3v) is 5.55. The van der Waals surface area contributed by atoms with E-state index < -0.39 is 5.97 Å². The van der Waals surface area contributed by atoms with Crippen LogP contribution < -0.4 is 15.5 Å². The summed E-state index contributed by atoms with van der Waals surface area (Å²) in [5.74, 6) is 0.629. The average Bonchev–Trinajstić information content (AvgIpc) is 3.16. The lowest BCUT2D eigenvalue weighted by Gasteiger charge is -2.18. The van der Waals surface area contributed by atoms with E-state index in [1.807, 2.05) is 36.2 Å². The van der Waals surface area contributed by atoms with Gasteiger partial charge in [-0.15, -0.1) is 0 Å². The molecule has 0 fully saturated rings. The average molecular weight is 435 g/mol. The molecule has 0 radical (unpaired) electrons. The minimum Gasteiger partial charge on any atom is -0.480 e. The van der Waals surface area contributed by atoms with E-state index in [2.05, 4.69) is 51.8 Å². The van der Waals surface area contributed by atoms with E-state index in [9.17, 15) is 4.79 Å². The first-order chi connectivity index (χ1) is 15.0. The second-order valence-corrected chi connectivity index (χ2v) is 8.06. The highest BCUT2D eigenvalue weighted by atomic mass is 32.1. The van der Waals surface area contributed by atoms with E-state index in [0.29, 0.717) is 17.5 Å². The highest BCUT2D eigenvalue weighted by Crippen LogP contribution is 2.30. The second kappa shape index (κ2) is 9.07. The normalized spacial score (nSPS) is 10.9. The lowest BCUT2D eigenvalue weighted by Crippen LogP contribution is -2.21. The van der Waals surface area contributed by atoms with Crippen LogP contribution in [0.2, 0.25) is 0 Å². The van der Waals surface area contributed by atoms with Crippen LogP contribution in [0, 0.1) is 6.92 Å². The summed E-state index contributed by atoms with van der Waals surface area (Å²) in [6, 6.07) is 16.0. The number of aromatic nitrogens is 3. The molecule has 0 atom stereocenters. The molecule has 31 heavy (non-hydrogen) atoms. The summed E-state index contributed by atoms with van der Waals surface area (Å²) in [7, 11) is 2.00. The van der Waals surface area contributed by atoms with Crippen molar-refractivity contribution in [3.63, 3.8) is 0 Å². The molecule has 9 heteroatoms. The molecule has 3 N–H and O–H groups in total. The van der Waals surface area contributed by atoms with Crippen molar-refractivity contribution in [1.82, 2.24) is 20.3 Å². The Morgan fingerprint density at radius 1 is 1.10 bits per heavy atom. The van der Waals surface area contributed by atoms with Crippen molar-refractivity contribution in [2.75, 3.05) is 23.8 Å². The molecule has 4 rings (SSSR count). The number of hydrogen-bond acceptors (Lipinski definition) is 8. The Bertz CT molecular complexity index is 1190. The predicted octanol–water partition coefficient (Wildman–Crippen LogP) is 4.08. The summed E-state index contributed by atoms with van der Waals surface area (Å²) in [5.41, 5.74) is 4.02. The molecule has 0 spiro atoms. The number of aryl methyl sites for hydroxylation is 1. The maximum Gasteiger partial charge on any atom is 0.317 e. The standard InChI is InChI=1S/C22H22N6O2S/c1-14-3-6-16(7-4-14)28(2)19-10-8-17-21(27-19)31-22(25-17)26-18-9-5-15(12-24-18)11-23-13-20(29)30/h3-10,12,23H,11,13H2,1-2H3,(H,29,30)(H,24,25,26). The number of nitrogens with one attached hydrogen (secondary N) is 2. The van der Waals surface area contributed by atoms with Crippen LogP contribution >= 0.6 is 11.3 Å². The Morgan fingerprint density at radius 2 is 1.90 bits per heavy atom. The van der Waals surface area contributed by atoms with Crippen LogP contribution in [0.4, 0.5) is 22.5 Å². The number of fused-ring (bicyclic) bond motifs is 1. The van der Waals surface area contributed by atoms with Gasteiger partial charge in [-0.3, -0.25) is 4.79 Å². The molecule has 0 aliphatic rings. The largest absolute Gasteiger partial charge is 0.480 e. The first-order valence-corrected chi connectivity index (χ1v) is 10.5. The van der Waals surface area contributed by atoms with Crippen LogP contribution in [0.5, 0.6) is 0 Å². The number of carboxylic acid groups (broad SMARTS) is 1. The maximum absolute atomic E-state index is 10.6. The van der Waals surface area contributed by atoms with E-state index in [1.165, 1.54) is 16.9 Å². The number of aliphatic carboxylic acids is 1. The smallest absolute Gasteiger partial charge is 0.317 e. The number of hydrogen-bond donors (Lipinski definition) is 3. The molecule has 8 nitrogen and oxygen atoms in total. The fourth-order valence-electron chi connectivity index (χ4n) is 2.97. The number of rotatable bonds is 8. The summed E-state index contributed by atoms with van der Waals surface area (Å²) in [4.78, 5) is 27.2. The van der Waals surface area contributed by atoms with Crippen molar-refractivity contribution >= 4 is 50.1 Å². The highest BCUT2D eigenvalue weighted by molar-refractivity contribution is 7.21. The summed E-state index contributed by atoms with van der Waals surface area (Å²) in [5, 5.41) is 15.4. The number of carbonyl (C=O) groups is 1. The van der Waals surface area contributed by atoms with E-state index in [0.717, 1.165) is 27.4 Å². The van der Waals surface area contributed by atoms with Crippen molar-refractivity contribution in [2.24, 2.45) is 0 Å². The number of nitrogens with zero attached hydrogens (tertiary/aromatic N) is 4. The summed E-state index contributed by atoms with van der Waals surface area (Å²) in [6.45, 7) is 2.43. The molecule has 4 aromatic rings. The van der Waals surface area contributed by atoms with E-state index >= 15 is 0 Å². The number of pyridine rings is 2. The van der Waals surface area contributed by atoms with Crippen LogP contribution in [-0.2, 0) is 11.3 Å². The van der Waals surface area contributed by atoms with Crippen molar-refractivity contribution in [2.45, 2.75) is 13.5 Å². The van der Waals surface area contributed by atoms with Crippen LogP contribution in [0.3, 0.4) is 0 Å². The number of thiazole rings is 1. The minimum absolute atomic E-state index is 0.0835. The van der Waals surface area contributed by atoms with E-state index in [4.69, 9.17) is 10.1 Å². The molecular weight excluding hydrogens is 412 g/mol. The third kappa shape index (κ3) is 5.14. The number of anilines is 4. The lowest BCUT2D eigenvalue weighted by molar-refractivity contribution is -0.135. The molecule has 1 aromatic carbocycles. The van der Waals surface area contributed by atoms with Gasteiger partial charge in [-0.1, -0.05) is 35.1 Å². The molecule has 3 heterocycles. The van der Waals surface area contributed by atoms with Crippen molar-refractivity contribution in [3.8, 4) is 0 Å². The third-order valence-electron chi connectivity index (χ3n) is 4.67. The van der Waals surface area contributed by atoms with Gasteiger partial charge in [0.05, 0.1) is 6.54 Å². The van der Waals surface area contributed by atoms with E-state index in [1.54, 1.807) is 6.20 Å². The fourth-order valence-corrected chi connectivity index (χ4v) is 3.81. The van der Waals surface area contributed by atoms with E-state index in [-0.39, 0.29) is 6.54 Å². The van der Waals surface area contributed by atoms with Gasteiger partial charge in [0.2, 0.25) is 0 Å². The summed E-state index contributed by atoms with van der Waals surface area (Å²) < 4.78 is 0. The van der Waals surface area contributed by atoms with Crippen LogP contribution in [0.25, 0.3) is 10.3 Å². The Morgan fingerprint density at radius 3 is 2.61 bits per heavy atom. The molecule has 0 bridgehead atoms. The summed E-state index contributed by atoms with van der Waals surface area (Å²) >= 11 is 1.46. The van der Waals surface area contributed by atoms with Gasteiger partial charge in [0.1, 0.15) is 22.0 Å². The first-order valence-electron chi connectivity index (χ1n) is 9.70. The lowest BCUT2D eigenvalue weighted by atomic mass is 10.2. The van der Waals surface area contributed by atoms with Gasteiger partial charge in [-0.2, -0.15) is 0 Å². The van der Waals surface area contributed by atoms with Crippen LogP contribution in [0.1, 0.15) is 11.1 Å². The molecule has 0 amide bonds. The molecule has 158 valence electrons. The molecule has 0 saturated heterocycles. The maximum atomic E-state index is 10.6. The topological polar surface area (TPSA) is 103 Å². The minimum atomic E-state index is -0.885. The van der Waals surface area contributed by atoms with Gasteiger partial charge in [-0.05, 0) is 42.8 Å². The Labute approximate surface area is 183 Å². The Hall–Kier alpha value is -3.56. The predicted molar refractivity (Wildman–Crippen MR) is 124 cm³/mol.